The van der Waals surface area contributed by atoms with E-state index in [4.69, 9.17) is 4.55 Å². The molecule has 0 amide bonds. The Morgan fingerprint density at radius 3 is 2.71 bits per heavy atom. The number of aromatic nitrogens is 2. The third-order valence-corrected chi connectivity index (χ3v) is 2.68. The highest BCUT2D eigenvalue weighted by atomic mass is 32.2. The number of benzene rings is 1. The Balaban J connectivity index is 2.84. The minimum atomic E-state index is -4.40. The molecule has 0 aliphatic heterocycles. The number of aromatic hydroxyl groups is 1. The Hall–Kier alpha value is -1.60. The molecule has 2 aromatic rings. The molecule has 2 rings (SSSR count). The van der Waals surface area contributed by atoms with E-state index in [1.165, 1.54) is 12.3 Å². The van der Waals surface area contributed by atoms with E-state index in [-0.39, 0.29) is 0 Å². The maximum Gasteiger partial charge on any atom is 0.298 e. The lowest BCUT2D eigenvalue weighted by atomic mass is 10.2. The summed E-state index contributed by atoms with van der Waals surface area (Å²) in [7, 11) is -4.40. The molecule has 0 spiro atoms. The monoisotopic (exact) mass is 214 g/mol. The fourth-order valence-electron chi connectivity index (χ4n) is 1.17. The Morgan fingerprint density at radius 1 is 1.36 bits per heavy atom. The lowest BCUT2D eigenvalue weighted by Gasteiger charge is -2.00. The van der Waals surface area contributed by atoms with E-state index >= 15 is 0 Å². The van der Waals surface area contributed by atoms with Crippen molar-refractivity contribution in [3.05, 3.63) is 18.3 Å². The quantitative estimate of drug-likeness (QED) is 0.600. The van der Waals surface area contributed by atoms with Gasteiger partial charge in [0, 0.05) is 5.39 Å². The van der Waals surface area contributed by atoms with Crippen molar-refractivity contribution in [2.75, 3.05) is 0 Å². The van der Waals surface area contributed by atoms with Gasteiger partial charge in [-0.25, -0.2) is 0 Å². The largest absolute Gasteiger partial charge is 0.506 e. The van der Waals surface area contributed by atoms with E-state index in [1.807, 2.05) is 0 Å². The standard InChI is InChI=1S/C7H6N2O4S/c10-6-1-4-3-8-9-5(4)2-7(6)14(11,12)13/h1-3,10H,(H,8,9)(H,11,12,13). The summed E-state index contributed by atoms with van der Waals surface area (Å²) in [6.07, 6.45) is 1.43. The van der Waals surface area contributed by atoms with Gasteiger partial charge in [-0.05, 0) is 12.1 Å². The lowest BCUT2D eigenvalue weighted by Crippen LogP contribution is -1.98. The van der Waals surface area contributed by atoms with Gasteiger partial charge >= 0.3 is 0 Å². The summed E-state index contributed by atoms with van der Waals surface area (Å²) >= 11 is 0. The van der Waals surface area contributed by atoms with Crippen LogP contribution in [0.3, 0.4) is 0 Å². The number of hydrogen-bond donors (Lipinski definition) is 3. The third kappa shape index (κ3) is 1.32. The van der Waals surface area contributed by atoms with Crippen LogP contribution in [0, 0.1) is 0 Å². The molecule has 0 atom stereocenters. The van der Waals surface area contributed by atoms with Gasteiger partial charge in [0.1, 0.15) is 10.6 Å². The minimum Gasteiger partial charge on any atom is -0.506 e. The van der Waals surface area contributed by atoms with Crippen LogP contribution < -0.4 is 0 Å². The van der Waals surface area contributed by atoms with Crippen LogP contribution in [0.15, 0.2) is 23.2 Å². The van der Waals surface area contributed by atoms with Gasteiger partial charge in [-0.3, -0.25) is 9.65 Å². The number of nitrogens with zero attached hydrogens (tertiary/aromatic N) is 1. The molecule has 0 fully saturated rings. The molecule has 1 aromatic carbocycles. The first-order chi connectivity index (χ1) is 6.48. The van der Waals surface area contributed by atoms with Crippen LogP contribution in [0.25, 0.3) is 10.9 Å². The normalized spacial score (nSPS) is 12.1. The van der Waals surface area contributed by atoms with Gasteiger partial charge in [-0.1, -0.05) is 0 Å². The predicted molar refractivity (Wildman–Crippen MR) is 47.6 cm³/mol. The van der Waals surface area contributed by atoms with Crippen molar-refractivity contribution in [3.8, 4) is 5.75 Å². The summed E-state index contributed by atoms with van der Waals surface area (Å²) in [5.41, 5.74) is 0.426. The first-order valence-corrected chi connectivity index (χ1v) is 5.06. The van der Waals surface area contributed by atoms with Crippen molar-refractivity contribution >= 4 is 21.0 Å². The lowest BCUT2D eigenvalue weighted by molar-refractivity contribution is 0.444. The Bertz CT molecular complexity index is 587. The molecule has 0 aliphatic carbocycles. The summed E-state index contributed by atoms with van der Waals surface area (Å²) in [4.78, 5) is -0.533. The molecule has 7 heteroatoms. The van der Waals surface area contributed by atoms with E-state index in [1.54, 1.807) is 0 Å². The number of aromatic amines is 1. The molecule has 1 heterocycles. The average Bonchev–Trinajstić information content (AvgIpc) is 2.47. The van der Waals surface area contributed by atoms with E-state index in [9.17, 15) is 13.5 Å². The molecule has 0 saturated carbocycles. The molecule has 3 N–H and O–H groups in total. The molecule has 0 aliphatic rings. The van der Waals surface area contributed by atoms with Crippen molar-refractivity contribution in [1.29, 1.82) is 0 Å². The molecule has 14 heavy (non-hydrogen) atoms. The highest BCUT2D eigenvalue weighted by Gasteiger charge is 2.16. The molecule has 74 valence electrons. The minimum absolute atomic E-state index is 0.426. The van der Waals surface area contributed by atoms with Crippen molar-refractivity contribution < 1.29 is 18.1 Å². The van der Waals surface area contributed by atoms with Gasteiger partial charge in [0.2, 0.25) is 0 Å². The van der Waals surface area contributed by atoms with E-state index in [0.717, 1.165) is 6.07 Å². The third-order valence-electron chi connectivity index (χ3n) is 1.80. The van der Waals surface area contributed by atoms with Crippen LogP contribution in [0.2, 0.25) is 0 Å². The second-order valence-electron chi connectivity index (χ2n) is 2.75. The van der Waals surface area contributed by atoms with Crippen LogP contribution in [-0.2, 0) is 10.1 Å². The average molecular weight is 214 g/mol. The topological polar surface area (TPSA) is 103 Å². The molecule has 0 radical (unpaired) electrons. The van der Waals surface area contributed by atoms with Crippen molar-refractivity contribution in [2.24, 2.45) is 0 Å². The van der Waals surface area contributed by atoms with Crippen molar-refractivity contribution in [3.63, 3.8) is 0 Å². The van der Waals surface area contributed by atoms with Gasteiger partial charge in [-0.15, -0.1) is 0 Å². The number of phenols is 1. The smallest absolute Gasteiger partial charge is 0.298 e. The van der Waals surface area contributed by atoms with Crippen molar-refractivity contribution in [1.82, 2.24) is 10.2 Å². The molecular weight excluding hydrogens is 208 g/mol. The van der Waals surface area contributed by atoms with Crippen LogP contribution >= 0.6 is 0 Å². The highest BCUT2D eigenvalue weighted by Crippen LogP contribution is 2.26. The molecule has 0 unspecified atom stereocenters. The fourth-order valence-corrected chi connectivity index (χ4v) is 1.76. The van der Waals surface area contributed by atoms with Crippen molar-refractivity contribution in [2.45, 2.75) is 4.90 Å². The number of phenolic OH excluding ortho intramolecular Hbond substituents is 1. The Kier molecular flexibility index (Phi) is 1.73. The van der Waals surface area contributed by atoms with Gasteiger partial charge in [0.05, 0.1) is 11.7 Å². The molecule has 0 saturated heterocycles. The maximum absolute atomic E-state index is 10.8. The summed E-state index contributed by atoms with van der Waals surface area (Å²) in [6.45, 7) is 0. The molecule has 0 bridgehead atoms. The summed E-state index contributed by atoms with van der Waals surface area (Å²) < 4.78 is 30.3. The summed E-state index contributed by atoms with van der Waals surface area (Å²) in [5, 5.41) is 16.0. The Morgan fingerprint density at radius 2 is 2.07 bits per heavy atom. The summed E-state index contributed by atoms with van der Waals surface area (Å²) in [5.74, 6) is -0.499. The molecule has 6 nitrogen and oxygen atoms in total. The van der Waals surface area contributed by atoms with Crippen LogP contribution in [0.5, 0.6) is 5.75 Å². The zero-order chi connectivity index (χ0) is 10.3. The maximum atomic E-state index is 10.8. The number of fused-ring (bicyclic) bond motifs is 1. The van der Waals surface area contributed by atoms with E-state index in [2.05, 4.69) is 10.2 Å². The second kappa shape index (κ2) is 2.69. The number of hydrogen-bond acceptors (Lipinski definition) is 4. The zero-order valence-corrected chi connectivity index (χ0v) is 7.61. The predicted octanol–water partition coefficient (Wildman–Crippen LogP) is 0.515. The Labute approximate surface area is 78.9 Å². The SMILES string of the molecule is O=S(=O)(O)c1cc2[nH]ncc2cc1O. The first kappa shape index (κ1) is 8.97. The van der Waals surface area contributed by atoms with Crippen LogP contribution in [0.4, 0.5) is 0 Å². The number of H-pyrrole nitrogens is 1. The first-order valence-electron chi connectivity index (χ1n) is 3.62. The van der Waals surface area contributed by atoms with E-state index in [0.29, 0.717) is 10.9 Å². The van der Waals surface area contributed by atoms with Gasteiger partial charge < -0.3 is 5.11 Å². The van der Waals surface area contributed by atoms with Gasteiger partial charge in [-0.2, -0.15) is 13.5 Å². The fraction of sp³-hybridized carbons (Fsp3) is 0. The zero-order valence-electron chi connectivity index (χ0n) is 6.80. The number of rotatable bonds is 1. The molecular formula is C7H6N2O4S. The second-order valence-corrected chi connectivity index (χ2v) is 4.14. The highest BCUT2D eigenvalue weighted by molar-refractivity contribution is 7.86. The number of nitrogens with one attached hydrogen (secondary N) is 1. The summed E-state index contributed by atoms with van der Waals surface area (Å²) in [6, 6.07) is 2.33. The molecule has 1 aromatic heterocycles. The van der Waals surface area contributed by atoms with Gasteiger partial charge in [0.25, 0.3) is 10.1 Å². The van der Waals surface area contributed by atoms with Crippen LogP contribution in [-0.4, -0.2) is 28.3 Å². The van der Waals surface area contributed by atoms with Crippen LogP contribution in [0.1, 0.15) is 0 Å². The van der Waals surface area contributed by atoms with Gasteiger partial charge in [0.15, 0.2) is 0 Å². The van der Waals surface area contributed by atoms with E-state index < -0.39 is 20.8 Å².